The average molecular weight is 396 g/mol. The van der Waals surface area contributed by atoms with E-state index >= 15 is 0 Å². The Balaban J connectivity index is 2.34. The summed E-state index contributed by atoms with van der Waals surface area (Å²) < 4.78 is 1.13. The summed E-state index contributed by atoms with van der Waals surface area (Å²) in [5, 5.41) is 0. The van der Waals surface area contributed by atoms with Crippen LogP contribution in [0, 0.1) is 5.92 Å². The van der Waals surface area contributed by atoms with Gasteiger partial charge in [-0.05, 0) is 29.2 Å². The molecule has 2 heteroatoms. The summed E-state index contributed by atoms with van der Waals surface area (Å²) >= 11 is 7.44. The summed E-state index contributed by atoms with van der Waals surface area (Å²) in [6, 6.07) is 19.4. The highest BCUT2D eigenvalue weighted by molar-refractivity contribution is 9.10. The summed E-state index contributed by atoms with van der Waals surface area (Å²) in [6.45, 7) is 4.60. The summed E-state index contributed by atoms with van der Waals surface area (Å²) in [7, 11) is 0. The molecule has 0 amide bonds. The highest BCUT2D eigenvalue weighted by Gasteiger charge is 2.26. The van der Waals surface area contributed by atoms with E-state index < -0.39 is 0 Å². The van der Waals surface area contributed by atoms with Gasteiger partial charge in [0, 0.05) is 15.2 Å². The van der Waals surface area contributed by atoms with Gasteiger partial charge in [-0.15, -0.1) is 0 Å². The van der Waals surface area contributed by atoms with Crippen LogP contribution in [0.3, 0.4) is 0 Å². The van der Waals surface area contributed by atoms with Gasteiger partial charge in [0.05, 0.1) is 0 Å². The lowest BCUT2D eigenvalue weighted by atomic mass is 9.81. The van der Waals surface area contributed by atoms with Crippen LogP contribution in [0.2, 0.25) is 0 Å². The van der Waals surface area contributed by atoms with E-state index in [1.54, 1.807) is 0 Å². The number of rotatable bonds is 5. The summed E-state index contributed by atoms with van der Waals surface area (Å²) in [6.07, 6.45) is 1.18. The highest BCUT2D eigenvalue weighted by atomic mass is 79.9. The summed E-state index contributed by atoms with van der Waals surface area (Å²) in [5.41, 5.74) is 2.74. The minimum atomic E-state index is 0.341. The maximum absolute atomic E-state index is 3.94. The van der Waals surface area contributed by atoms with E-state index in [1.165, 1.54) is 17.5 Å². The zero-order valence-electron chi connectivity index (χ0n) is 11.9. The second kappa shape index (κ2) is 7.42. The fraction of sp³-hybridized carbons (Fsp3) is 0.333. The Morgan fingerprint density at radius 2 is 1.50 bits per heavy atom. The quantitative estimate of drug-likeness (QED) is 0.493. The van der Waals surface area contributed by atoms with Crippen LogP contribution in [0.5, 0.6) is 0 Å². The molecule has 0 nitrogen and oxygen atoms in total. The zero-order valence-corrected chi connectivity index (χ0v) is 15.1. The van der Waals surface area contributed by atoms with Gasteiger partial charge in [-0.2, -0.15) is 0 Å². The minimum Gasteiger partial charge on any atom is -0.0832 e. The first kappa shape index (κ1) is 15.8. The Morgan fingerprint density at radius 3 is 2.05 bits per heavy atom. The Morgan fingerprint density at radius 1 is 0.900 bits per heavy atom. The third-order valence-electron chi connectivity index (χ3n) is 3.95. The molecule has 0 saturated heterocycles. The molecular formula is C18H20Br2. The molecule has 0 N–H and O–H groups in total. The van der Waals surface area contributed by atoms with E-state index in [0.29, 0.717) is 16.7 Å². The molecule has 0 aliphatic heterocycles. The molecule has 2 aromatic rings. The van der Waals surface area contributed by atoms with Crippen LogP contribution in [-0.4, -0.2) is 0 Å². The van der Waals surface area contributed by atoms with Crippen LogP contribution in [0.15, 0.2) is 59.1 Å². The molecule has 106 valence electrons. The third-order valence-corrected chi connectivity index (χ3v) is 5.57. The lowest BCUT2D eigenvalue weighted by Gasteiger charge is -2.29. The van der Waals surface area contributed by atoms with Crippen molar-refractivity contribution in [2.24, 2.45) is 5.92 Å². The number of hydrogen-bond donors (Lipinski definition) is 0. The van der Waals surface area contributed by atoms with Crippen molar-refractivity contribution in [2.45, 2.75) is 31.0 Å². The fourth-order valence-electron chi connectivity index (χ4n) is 2.57. The van der Waals surface area contributed by atoms with Crippen molar-refractivity contribution < 1.29 is 0 Å². The van der Waals surface area contributed by atoms with Gasteiger partial charge in [0.1, 0.15) is 0 Å². The number of halogens is 2. The number of benzene rings is 2. The van der Waals surface area contributed by atoms with Crippen LogP contribution in [0.4, 0.5) is 0 Å². The van der Waals surface area contributed by atoms with Crippen LogP contribution in [0.1, 0.15) is 42.1 Å². The topological polar surface area (TPSA) is 0 Å². The lowest BCUT2D eigenvalue weighted by Crippen LogP contribution is -2.14. The van der Waals surface area contributed by atoms with Gasteiger partial charge in [-0.3, -0.25) is 0 Å². The molecule has 0 spiro atoms. The largest absolute Gasteiger partial charge is 0.0832 e. The highest BCUT2D eigenvalue weighted by Crippen LogP contribution is 2.43. The van der Waals surface area contributed by atoms with Gasteiger partial charge >= 0.3 is 0 Å². The Labute approximate surface area is 138 Å². The summed E-state index contributed by atoms with van der Waals surface area (Å²) in [5.74, 6) is 1.12. The number of alkyl halides is 1. The van der Waals surface area contributed by atoms with Crippen molar-refractivity contribution in [3.8, 4) is 0 Å². The molecule has 0 aliphatic carbocycles. The number of hydrogen-bond acceptors (Lipinski definition) is 0. The van der Waals surface area contributed by atoms with Crippen LogP contribution in [0.25, 0.3) is 0 Å². The Bertz CT molecular complexity index is 519. The Hall–Kier alpha value is -0.600. The van der Waals surface area contributed by atoms with Crippen molar-refractivity contribution in [1.29, 1.82) is 0 Å². The molecule has 2 rings (SSSR count). The molecule has 0 radical (unpaired) electrons. The van der Waals surface area contributed by atoms with Crippen LogP contribution in [-0.2, 0) is 0 Å². The normalized spacial score (nSPS) is 15.6. The lowest BCUT2D eigenvalue weighted by molar-refractivity contribution is 0.440. The molecule has 20 heavy (non-hydrogen) atoms. The van der Waals surface area contributed by atoms with E-state index in [1.807, 2.05) is 0 Å². The predicted octanol–water partition coefficient (Wildman–Crippen LogP) is 6.72. The van der Waals surface area contributed by atoms with E-state index in [2.05, 4.69) is 100 Å². The average Bonchev–Trinajstić information content (AvgIpc) is 2.49. The molecule has 3 unspecified atom stereocenters. The molecule has 0 aliphatic rings. The van der Waals surface area contributed by atoms with Gasteiger partial charge in [-0.1, -0.05) is 94.6 Å². The minimum absolute atomic E-state index is 0.341. The van der Waals surface area contributed by atoms with Crippen molar-refractivity contribution in [1.82, 2.24) is 0 Å². The molecule has 2 aromatic carbocycles. The van der Waals surface area contributed by atoms with E-state index in [9.17, 15) is 0 Å². The van der Waals surface area contributed by atoms with Crippen LogP contribution < -0.4 is 0 Å². The molecule has 0 aromatic heterocycles. The summed E-state index contributed by atoms with van der Waals surface area (Å²) in [4.78, 5) is 0.341. The SMILES string of the molecule is CCC(C)C(c1ccccc1)C(Br)c1ccc(Br)cc1. The van der Waals surface area contributed by atoms with Crippen molar-refractivity contribution in [2.75, 3.05) is 0 Å². The molecule has 0 fully saturated rings. The first-order chi connectivity index (χ1) is 9.63. The monoisotopic (exact) mass is 394 g/mol. The predicted molar refractivity (Wildman–Crippen MR) is 94.4 cm³/mol. The van der Waals surface area contributed by atoms with E-state index in [-0.39, 0.29) is 0 Å². The molecule has 0 bridgehead atoms. The molecule has 0 heterocycles. The van der Waals surface area contributed by atoms with Gasteiger partial charge < -0.3 is 0 Å². The van der Waals surface area contributed by atoms with Crippen molar-refractivity contribution in [3.63, 3.8) is 0 Å². The zero-order chi connectivity index (χ0) is 14.5. The van der Waals surface area contributed by atoms with E-state index in [4.69, 9.17) is 0 Å². The van der Waals surface area contributed by atoms with Gasteiger partial charge in [0.15, 0.2) is 0 Å². The van der Waals surface area contributed by atoms with Crippen LogP contribution >= 0.6 is 31.9 Å². The smallest absolute Gasteiger partial charge is 0.0466 e. The molecule has 0 saturated carbocycles. The van der Waals surface area contributed by atoms with Crippen molar-refractivity contribution in [3.05, 3.63) is 70.2 Å². The van der Waals surface area contributed by atoms with Gasteiger partial charge in [-0.25, -0.2) is 0 Å². The second-order valence-corrected chi connectivity index (χ2v) is 7.18. The maximum Gasteiger partial charge on any atom is 0.0466 e. The van der Waals surface area contributed by atoms with Gasteiger partial charge in [0.25, 0.3) is 0 Å². The first-order valence-corrected chi connectivity index (χ1v) is 8.78. The first-order valence-electron chi connectivity index (χ1n) is 7.08. The molecular weight excluding hydrogens is 376 g/mol. The standard InChI is InChI=1S/C18H20Br2/c1-3-13(2)17(14-7-5-4-6-8-14)18(20)15-9-11-16(19)12-10-15/h4-13,17-18H,3H2,1-2H3. The second-order valence-electron chi connectivity index (χ2n) is 5.28. The third kappa shape index (κ3) is 3.73. The Kier molecular flexibility index (Phi) is 5.86. The molecule has 3 atom stereocenters. The fourth-order valence-corrected chi connectivity index (χ4v) is 3.96. The van der Waals surface area contributed by atoms with E-state index in [0.717, 1.165) is 4.47 Å². The maximum atomic E-state index is 3.94. The van der Waals surface area contributed by atoms with Gasteiger partial charge in [0.2, 0.25) is 0 Å². The van der Waals surface area contributed by atoms with Crippen molar-refractivity contribution >= 4 is 31.9 Å².